The molecule has 0 unspecified atom stereocenters. The van der Waals surface area contributed by atoms with Crippen LogP contribution in [0.4, 0.5) is 0 Å². The summed E-state index contributed by atoms with van der Waals surface area (Å²) >= 11 is 0. The van der Waals surface area contributed by atoms with E-state index in [1.165, 1.54) is 11.1 Å². The van der Waals surface area contributed by atoms with Gasteiger partial charge in [-0.25, -0.2) is 0 Å². The number of aryl methyl sites for hydroxylation is 1. The van der Waals surface area contributed by atoms with Crippen LogP contribution in [0.5, 0.6) is 5.75 Å². The number of nitrogens with one attached hydrogen (secondary N) is 1. The Balaban J connectivity index is 1.84. The van der Waals surface area contributed by atoms with Crippen LogP contribution in [0, 0.1) is 5.92 Å². The molecule has 0 fully saturated rings. The predicted octanol–water partition coefficient (Wildman–Crippen LogP) is 3.19. The van der Waals surface area contributed by atoms with Gasteiger partial charge in [-0.15, -0.1) is 0 Å². The molecular formula is C17H22N2O2. The Morgan fingerprint density at radius 1 is 1.33 bits per heavy atom. The maximum Gasteiger partial charge on any atom is 0.170 e. The molecule has 0 spiro atoms. The molecule has 0 atom stereocenters. The maximum absolute atomic E-state index is 5.61. The van der Waals surface area contributed by atoms with E-state index in [9.17, 15) is 0 Å². The summed E-state index contributed by atoms with van der Waals surface area (Å²) in [6.07, 6.45) is 2.00. The Kier molecular flexibility index (Phi) is 3.97. The van der Waals surface area contributed by atoms with E-state index in [-0.39, 0.29) is 0 Å². The minimum absolute atomic E-state index is 0.640. The predicted molar refractivity (Wildman–Crippen MR) is 82.4 cm³/mol. The smallest absolute Gasteiger partial charge is 0.170 e. The van der Waals surface area contributed by atoms with Crippen LogP contribution in [-0.4, -0.2) is 18.8 Å². The monoisotopic (exact) mass is 286 g/mol. The number of benzene rings is 1. The first-order chi connectivity index (χ1) is 10.2. The van der Waals surface area contributed by atoms with Gasteiger partial charge in [0.25, 0.3) is 0 Å². The number of methoxy groups -OCH3 is 1. The van der Waals surface area contributed by atoms with Crippen molar-refractivity contribution < 1.29 is 9.26 Å². The number of ether oxygens (including phenoxy) is 1. The van der Waals surface area contributed by atoms with Crippen molar-refractivity contribution in [3.8, 4) is 17.1 Å². The molecule has 112 valence electrons. The molecule has 21 heavy (non-hydrogen) atoms. The van der Waals surface area contributed by atoms with Gasteiger partial charge in [0, 0.05) is 17.7 Å². The number of hydrogen-bond donors (Lipinski definition) is 1. The minimum Gasteiger partial charge on any atom is -0.497 e. The number of fused-ring (bicyclic) bond motifs is 3. The second-order valence-corrected chi connectivity index (χ2v) is 5.98. The normalized spacial score (nSPS) is 13.1. The molecule has 2 aromatic rings. The SMILES string of the molecule is COc1ccc2c(c1)CCc1c(CNCC(C)C)noc1-2. The van der Waals surface area contributed by atoms with E-state index in [0.29, 0.717) is 5.92 Å². The zero-order valence-corrected chi connectivity index (χ0v) is 12.9. The number of aromatic nitrogens is 1. The summed E-state index contributed by atoms with van der Waals surface area (Å²) in [6, 6.07) is 6.15. The van der Waals surface area contributed by atoms with E-state index in [1.54, 1.807) is 7.11 Å². The van der Waals surface area contributed by atoms with Gasteiger partial charge in [-0.2, -0.15) is 0 Å². The molecule has 0 bridgehead atoms. The van der Waals surface area contributed by atoms with Gasteiger partial charge in [-0.1, -0.05) is 19.0 Å². The summed E-state index contributed by atoms with van der Waals surface area (Å²) in [6.45, 7) is 6.18. The molecular weight excluding hydrogens is 264 g/mol. The van der Waals surface area contributed by atoms with Crippen LogP contribution >= 0.6 is 0 Å². The minimum atomic E-state index is 0.640. The standard InChI is InChI=1S/C17H22N2O2/c1-11(2)9-18-10-16-15-6-4-12-8-13(20-3)5-7-14(12)17(15)21-19-16/h5,7-8,11,18H,4,6,9-10H2,1-3H3. The van der Waals surface area contributed by atoms with E-state index in [0.717, 1.165) is 48.7 Å². The third kappa shape index (κ3) is 2.81. The molecule has 1 aromatic heterocycles. The second-order valence-electron chi connectivity index (χ2n) is 5.98. The zero-order chi connectivity index (χ0) is 14.8. The Labute approximate surface area is 125 Å². The van der Waals surface area contributed by atoms with Gasteiger partial charge in [-0.05, 0) is 49.1 Å². The average Bonchev–Trinajstić information content (AvgIpc) is 2.90. The highest BCUT2D eigenvalue weighted by atomic mass is 16.5. The fourth-order valence-electron chi connectivity index (χ4n) is 2.81. The summed E-state index contributed by atoms with van der Waals surface area (Å²) < 4.78 is 10.9. The van der Waals surface area contributed by atoms with Crippen molar-refractivity contribution in [2.45, 2.75) is 33.2 Å². The molecule has 4 heteroatoms. The van der Waals surface area contributed by atoms with Crippen molar-refractivity contribution in [2.24, 2.45) is 5.92 Å². The molecule has 0 saturated heterocycles. The maximum atomic E-state index is 5.61. The van der Waals surface area contributed by atoms with Crippen LogP contribution in [0.25, 0.3) is 11.3 Å². The lowest BCUT2D eigenvalue weighted by Crippen LogP contribution is -2.20. The summed E-state index contributed by atoms with van der Waals surface area (Å²) in [5.41, 5.74) is 4.73. The first kappa shape index (κ1) is 14.1. The van der Waals surface area contributed by atoms with Crippen molar-refractivity contribution in [1.29, 1.82) is 0 Å². The van der Waals surface area contributed by atoms with Gasteiger partial charge >= 0.3 is 0 Å². The van der Waals surface area contributed by atoms with Crippen molar-refractivity contribution in [3.63, 3.8) is 0 Å². The van der Waals surface area contributed by atoms with Crippen molar-refractivity contribution in [3.05, 3.63) is 35.0 Å². The lowest BCUT2D eigenvalue weighted by atomic mass is 9.89. The summed E-state index contributed by atoms with van der Waals surface area (Å²) in [5.74, 6) is 2.47. The highest BCUT2D eigenvalue weighted by Gasteiger charge is 2.24. The fraction of sp³-hybridized carbons (Fsp3) is 0.471. The Bertz CT molecular complexity index is 632. The van der Waals surface area contributed by atoms with Crippen LogP contribution in [0.15, 0.2) is 22.7 Å². The van der Waals surface area contributed by atoms with Crippen LogP contribution < -0.4 is 10.1 Å². The quantitative estimate of drug-likeness (QED) is 0.917. The second kappa shape index (κ2) is 5.90. The largest absolute Gasteiger partial charge is 0.497 e. The lowest BCUT2D eigenvalue weighted by Gasteiger charge is -2.16. The highest BCUT2D eigenvalue weighted by molar-refractivity contribution is 5.69. The van der Waals surface area contributed by atoms with Crippen LogP contribution in [0.2, 0.25) is 0 Å². The molecule has 0 amide bonds. The first-order valence-electron chi connectivity index (χ1n) is 7.54. The van der Waals surface area contributed by atoms with Gasteiger partial charge in [0.15, 0.2) is 5.76 Å². The molecule has 1 N–H and O–H groups in total. The van der Waals surface area contributed by atoms with Crippen LogP contribution in [0.1, 0.15) is 30.7 Å². The Morgan fingerprint density at radius 3 is 2.95 bits per heavy atom. The molecule has 1 aliphatic rings. The van der Waals surface area contributed by atoms with E-state index < -0.39 is 0 Å². The molecule has 4 nitrogen and oxygen atoms in total. The first-order valence-corrected chi connectivity index (χ1v) is 7.54. The lowest BCUT2D eigenvalue weighted by molar-refractivity contribution is 0.412. The topological polar surface area (TPSA) is 47.3 Å². The summed E-state index contributed by atoms with van der Waals surface area (Å²) in [4.78, 5) is 0. The van der Waals surface area contributed by atoms with Crippen molar-refractivity contribution in [1.82, 2.24) is 10.5 Å². The molecule has 0 saturated carbocycles. The number of rotatable bonds is 5. The van der Waals surface area contributed by atoms with E-state index in [4.69, 9.17) is 9.26 Å². The summed E-state index contributed by atoms with van der Waals surface area (Å²) in [7, 11) is 1.70. The van der Waals surface area contributed by atoms with Gasteiger partial charge in [0.1, 0.15) is 11.4 Å². The molecule has 1 aromatic carbocycles. The Morgan fingerprint density at radius 2 is 2.19 bits per heavy atom. The fourth-order valence-corrected chi connectivity index (χ4v) is 2.81. The Hall–Kier alpha value is -1.81. The molecule has 1 aliphatic carbocycles. The van der Waals surface area contributed by atoms with E-state index in [1.807, 2.05) is 6.07 Å². The van der Waals surface area contributed by atoms with Gasteiger partial charge < -0.3 is 14.6 Å². The summed E-state index contributed by atoms with van der Waals surface area (Å²) in [5, 5.41) is 7.70. The van der Waals surface area contributed by atoms with Gasteiger partial charge in [0.05, 0.1) is 7.11 Å². The van der Waals surface area contributed by atoms with Gasteiger partial charge in [-0.3, -0.25) is 0 Å². The van der Waals surface area contributed by atoms with E-state index >= 15 is 0 Å². The van der Waals surface area contributed by atoms with Crippen molar-refractivity contribution in [2.75, 3.05) is 13.7 Å². The average molecular weight is 286 g/mol. The molecule has 0 aliphatic heterocycles. The third-order valence-electron chi connectivity index (χ3n) is 3.92. The third-order valence-corrected chi connectivity index (χ3v) is 3.92. The highest BCUT2D eigenvalue weighted by Crippen LogP contribution is 2.36. The molecule has 0 radical (unpaired) electrons. The van der Waals surface area contributed by atoms with Gasteiger partial charge in [0.2, 0.25) is 0 Å². The number of nitrogens with zero attached hydrogens (tertiary/aromatic N) is 1. The van der Waals surface area contributed by atoms with E-state index in [2.05, 4.69) is 36.5 Å². The molecule has 1 heterocycles. The number of hydrogen-bond acceptors (Lipinski definition) is 4. The van der Waals surface area contributed by atoms with Crippen molar-refractivity contribution >= 4 is 0 Å². The van der Waals surface area contributed by atoms with Crippen LogP contribution in [0.3, 0.4) is 0 Å². The zero-order valence-electron chi connectivity index (χ0n) is 12.9. The molecule has 3 rings (SSSR count). The van der Waals surface area contributed by atoms with Crippen LogP contribution in [-0.2, 0) is 19.4 Å².